The lowest BCUT2D eigenvalue weighted by molar-refractivity contribution is 0.0209. The van der Waals surface area contributed by atoms with Crippen LogP contribution in [0.5, 0.6) is 40.2 Å². The van der Waals surface area contributed by atoms with Crippen molar-refractivity contribution in [2.75, 3.05) is 20.8 Å². The van der Waals surface area contributed by atoms with Crippen molar-refractivity contribution in [1.29, 1.82) is 0 Å². The number of phenolic OH excluding ortho intramolecular Hbond substituents is 3. The summed E-state index contributed by atoms with van der Waals surface area (Å²) in [6.45, 7) is -0.343. The van der Waals surface area contributed by atoms with Gasteiger partial charge in [-0.05, 0) is 35.4 Å². The van der Waals surface area contributed by atoms with Crippen LogP contribution in [0.25, 0.3) is 0 Å². The number of Topliss-reactive ketones (excluding diaryl/α,β-unsaturated/α-hetero) is 1. The van der Waals surface area contributed by atoms with E-state index < -0.39 is 30.0 Å². The third-order valence-electron chi connectivity index (χ3n) is 6.53. The van der Waals surface area contributed by atoms with Gasteiger partial charge in [-0.3, -0.25) is 4.79 Å². The molecule has 36 heavy (non-hydrogen) atoms. The third kappa shape index (κ3) is 3.62. The zero-order valence-corrected chi connectivity index (χ0v) is 19.3. The molecule has 2 aliphatic rings. The summed E-state index contributed by atoms with van der Waals surface area (Å²) >= 11 is 0. The summed E-state index contributed by atoms with van der Waals surface area (Å²) in [7, 11) is 2.81. The van der Waals surface area contributed by atoms with Gasteiger partial charge < -0.3 is 44.5 Å². The fourth-order valence-electron chi connectivity index (χ4n) is 4.74. The number of aromatic hydroxyl groups is 3. The molecule has 10 nitrogen and oxygen atoms in total. The van der Waals surface area contributed by atoms with Crippen molar-refractivity contribution in [1.82, 2.24) is 0 Å². The van der Waals surface area contributed by atoms with E-state index in [2.05, 4.69) is 0 Å². The molecule has 0 unspecified atom stereocenters. The van der Waals surface area contributed by atoms with Crippen LogP contribution in [-0.2, 0) is 0 Å². The van der Waals surface area contributed by atoms with Gasteiger partial charge >= 0.3 is 0 Å². The molecule has 5 N–H and O–H groups in total. The first-order valence-corrected chi connectivity index (χ1v) is 11.1. The molecule has 0 saturated carbocycles. The highest BCUT2D eigenvalue weighted by molar-refractivity contribution is 6.05. The minimum atomic E-state index is -1.67. The number of carbonyl (C=O) groups is 1. The number of carbonyl (C=O) groups excluding carboxylic acids is 1. The Balaban J connectivity index is 1.54. The minimum Gasteiger partial charge on any atom is -0.507 e. The standard InChI is InChI=1S/C26H24O10/c1-33-13-8-17(29)21-20(9-13)35-25(23(32)22(21)31)12-5-14-15(10-27)24(36-26(14)18(30)6-12)11-3-4-16(28)19(7-11)34-2/h3-9,15,23-25,27-30,32H,10H2,1-2H3/t15-,23-,24+,25+/m0/s1. The van der Waals surface area contributed by atoms with Gasteiger partial charge in [0.15, 0.2) is 35.2 Å². The van der Waals surface area contributed by atoms with E-state index in [0.29, 0.717) is 11.1 Å². The van der Waals surface area contributed by atoms with Gasteiger partial charge in [-0.1, -0.05) is 6.07 Å². The number of aliphatic hydroxyl groups excluding tert-OH is 2. The van der Waals surface area contributed by atoms with E-state index in [1.807, 2.05) is 0 Å². The van der Waals surface area contributed by atoms with Gasteiger partial charge in [-0.2, -0.15) is 0 Å². The van der Waals surface area contributed by atoms with Crippen molar-refractivity contribution < 1.29 is 49.3 Å². The van der Waals surface area contributed by atoms with Gasteiger partial charge in [0, 0.05) is 17.7 Å². The Labute approximate surface area is 205 Å². The largest absolute Gasteiger partial charge is 0.507 e. The average molecular weight is 496 g/mol. The highest BCUT2D eigenvalue weighted by atomic mass is 16.5. The van der Waals surface area contributed by atoms with Crippen LogP contribution in [0.2, 0.25) is 0 Å². The lowest BCUT2D eigenvalue weighted by Gasteiger charge is -2.30. The van der Waals surface area contributed by atoms with Crippen LogP contribution in [0, 0.1) is 0 Å². The van der Waals surface area contributed by atoms with E-state index in [0.717, 1.165) is 0 Å². The van der Waals surface area contributed by atoms with E-state index in [4.69, 9.17) is 18.9 Å². The summed E-state index contributed by atoms with van der Waals surface area (Å²) in [5.41, 5.74) is 1.16. The molecule has 188 valence electrons. The first kappa shape index (κ1) is 23.6. The second kappa shape index (κ2) is 8.81. The van der Waals surface area contributed by atoms with E-state index in [9.17, 15) is 30.3 Å². The summed E-state index contributed by atoms with van der Waals surface area (Å²) in [5.74, 6) is -1.42. The molecule has 0 saturated heterocycles. The Kier molecular flexibility index (Phi) is 5.77. The number of hydrogen-bond acceptors (Lipinski definition) is 10. The monoisotopic (exact) mass is 496 g/mol. The number of ether oxygens (including phenoxy) is 4. The van der Waals surface area contributed by atoms with Crippen LogP contribution in [0.1, 0.15) is 45.2 Å². The number of rotatable bonds is 5. The normalized spacial score (nSPS) is 22.3. The smallest absolute Gasteiger partial charge is 0.202 e. The molecular weight excluding hydrogens is 472 g/mol. The van der Waals surface area contributed by atoms with Gasteiger partial charge in [0.1, 0.15) is 28.9 Å². The fourth-order valence-corrected chi connectivity index (χ4v) is 4.74. The number of benzene rings is 3. The molecule has 5 rings (SSSR count). The Hall–Kier alpha value is -4.15. The molecule has 4 atom stereocenters. The SMILES string of the molecule is COc1cc(O)c2c(c1)O[C@H](c1cc(O)c3c(c1)[C@H](CO)[C@@H](c1ccc(O)c(OC)c1)O3)[C@@H](O)C2=O. The summed E-state index contributed by atoms with van der Waals surface area (Å²) in [6, 6.07) is 10.2. The molecule has 0 amide bonds. The maximum Gasteiger partial charge on any atom is 0.202 e. The number of aliphatic hydroxyl groups is 2. The number of phenols is 3. The minimum absolute atomic E-state index is 0.0242. The van der Waals surface area contributed by atoms with Gasteiger partial charge in [0.2, 0.25) is 5.78 Å². The summed E-state index contributed by atoms with van der Waals surface area (Å²) < 4.78 is 22.2. The Morgan fingerprint density at radius 3 is 2.33 bits per heavy atom. The summed E-state index contributed by atoms with van der Waals surface area (Å²) in [6.07, 6.45) is -3.58. The maximum absolute atomic E-state index is 12.9. The molecule has 3 aromatic rings. The molecule has 2 heterocycles. The van der Waals surface area contributed by atoms with Crippen molar-refractivity contribution in [2.24, 2.45) is 0 Å². The van der Waals surface area contributed by atoms with Crippen molar-refractivity contribution in [3.63, 3.8) is 0 Å². The van der Waals surface area contributed by atoms with Crippen LogP contribution in [-0.4, -0.2) is 58.2 Å². The predicted molar refractivity (Wildman–Crippen MR) is 124 cm³/mol. The van der Waals surface area contributed by atoms with Gasteiger partial charge in [-0.25, -0.2) is 0 Å². The topological polar surface area (TPSA) is 155 Å². The van der Waals surface area contributed by atoms with Crippen LogP contribution in [0.3, 0.4) is 0 Å². The molecule has 0 spiro atoms. The second-order valence-electron chi connectivity index (χ2n) is 8.58. The predicted octanol–water partition coefficient (Wildman–Crippen LogP) is 2.71. The van der Waals surface area contributed by atoms with Crippen molar-refractivity contribution >= 4 is 5.78 Å². The van der Waals surface area contributed by atoms with Crippen LogP contribution in [0.4, 0.5) is 0 Å². The summed E-state index contributed by atoms with van der Waals surface area (Å²) in [4.78, 5) is 12.9. The fraction of sp³-hybridized carbons (Fsp3) is 0.269. The zero-order valence-electron chi connectivity index (χ0n) is 19.3. The molecule has 0 bridgehead atoms. The average Bonchev–Trinajstić information content (AvgIpc) is 3.25. The Bertz CT molecular complexity index is 1350. The zero-order chi connectivity index (χ0) is 25.7. The van der Waals surface area contributed by atoms with Gasteiger partial charge in [0.25, 0.3) is 0 Å². The number of hydrogen-bond donors (Lipinski definition) is 5. The summed E-state index contributed by atoms with van der Waals surface area (Å²) in [5, 5.41) is 51.9. The molecule has 10 heteroatoms. The van der Waals surface area contributed by atoms with Gasteiger partial charge in [0.05, 0.1) is 26.7 Å². The maximum atomic E-state index is 12.9. The first-order chi connectivity index (χ1) is 17.3. The molecule has 3 aromatic carbocycles. The third-order valence-corrected chi connectivity index (χ3v) is 6.53. The molecular formula is C26H24O10. The lowest BCUT2D eigenvalue weighted by atomic mass is 9.87. The molecule has 0 fully saturated rings. The van der Waals surface area contributed by atoms with Crippen molar-refractivity contribution in [2.45, 2.75) is 24.2 Å². The van der Waals surface area contributed by atoms with E-state index >= 15 is 0 Å². The Morgan fingerprint density at radius 1 is 0.861 bits per heavy atom. The van der Waals surface area contributed by atoms with Crippen LogP contribution in [0.15, 0.2) is 42.5 Å². The van der Waals surface area contributed by atoms with Crippen LogP contribution >= 0.6 is 0 Å². The Morgan fingerprint density at radius 2 is 1.64 bits per heavy atom. The highest BCUT2D eigenvalue weighted by Crippen LogP contribution is 2.52. The highest BCUT2D eigenvalue weighted by Gasteiger charge is 2.42. The number of methoxy groups -OCH3 is 2. The van der Waals surface area contributed by atoms with E-state index in [1.54, 1.807) is 18.2 Å². The second-order valence-corrected chi connectivity index (χ2v) is 8.58. The molecule has 0 aliphatic carbocycles. The quantitative estimate of drug-likeness (QED) is 0.356. The van der Waals surface area contributed by atoms with Crippen molar-refractivity contribution in [3.05, 3.63) is 64.7 Å². The number of fused-ring (bicyclic) bond motifs is 2. The van der Waals surface area contributed by atoms with Crippen LogP contribution < -0.4 is 18.9 Å². The van der Waals surface area contributed by atoms with Gasteiger partial charge in [-0.15, -0.1) is 0 Å². The molecule has 2 aliphatic heterocycles. The molecule has 0 radical (unpaired) electrons. The number of ketones is 1. The van der Waals surface area contributed by atoms with E-state index in [1.165, 1.54) is 38.5 Å². The van der Waals surface area contributed by atoms with E-state index in [-0.39, 0.29) is 58.0 Å². The van der Waals surface area contributed by atoms with Crippen molar-refractivity contribution in [3.8, 4) is 40.2 Å². The first-order valence-electron chi connectivity index (χ1n) is 11.1. The molecule has 0 aromatic heterocycles. The lowest BCUT2D eigenvalue weighted by Crippen LogP contribution is -2.36.